The normalized spacial score (nSPS) is 11.8. The molecule has 0 aliphatic heterocycles. The van der Waals surface area contributed by atoms with Crippen LogP contribution in [0.1, 0.15) is 0 Å². The molecule has 5 heterocycles. The number of hydrogen-bond acceptors (Lipinski definition) is 7. The summed E-state index contributed by atoms with van der Waals surface area (Å²) in [6, 6.07) is 75.7. The van der Waals surface area contributed by atoms with E-state index in [0.29, 0.717) is 35.1 Å². The molecule has 14 rings (SSSR count). The van der Waals surface area contributed by atoms with Crippen LogP contribution in [0.3, 0.4) is 0 Å². The number of nitrogens with zero attached hydrogens (tertiary/aromatic N) is 8. The van der Waals surface area contributed by atoms with E-state index < -0.39 is 0 Å². The number of benzene rings is 9. The van der Waals surface area contributed by atoms with Gasteiger partial charge in [0.25, 0.3) is 0 Å². The maximum atomic E-state index is 5.25. The maximum Gasteiger partial charge on any atom is 0.238 e. The van der Waals surface area contributed by atoms with Gasteiger partial charge in [-0.2, -0.15) is 9.97 Å². The number of para-hydroxylation sites is 2. The van der Waals surface area contributed by atoms with Crippen molar-refractivity contribution in [1.82, 2.24) is 39.0 Å². The van der Waals surface area contributed by atoms with Gasteiger partial charge in [-0.3, -0.25) is 4.57 Å². The largest absolute Gasteiger partial charge is 0.309 e. The summed E-state index contributed by atoms with van der Waals surface area (Å²) >= 11 is 1.79. The van der Waals surface area contributed by atoms with E-state index in [9.17, 15) is 0 Å². The fourth-order valence-corrected chi connectivity index (χ4v) is 11.0. The standard InChI is InChI=1S/C60H36N8S/c1-4-16-37(17-5-1)55-61-56(63-59(62-55)41-30-33-45-44-23-12-15-27-51(44)69-52(45)36-41)40-28-31-42(32-29-40)67-49-26-14-11-24-47(49)53-50(67)35-34-46-43-22-10-13-25-48(43)68(54(46)53)60-65-57(38-18-6-2-7-19-38)64-58(66-60)39-20-8-3-9-21-39/h1-36H. The molecule has 5 aromatic heterocycles. The number of rotatable bonds is 7. The summed E-state index contributed by atoms with van der Waals surface area (Å²) in [5.74, 6) is 3.64. The van der Waals surface area contributed by atoms with Crippen LogP contribution in [0.15, 0.2) is 218 Å². The summed E-state index contributed by atoms with van der Waals surface area (Å²) in [4.78, 5) is 30.8. The summed E-state index contributed by atoms with van der Waals surface area (Å²) in [7, 11) is 0. The highest BCUT2D eigenvalue weighted by Gasteiger charge is 2.23. The van der Waals surface area contributed by atoms with Crippen molar-refractivity contribution in [2.75, 3.05) is 0 Å². The lowest BCUT2D eigenvalue weighted by molar-refractivity contribution is 0.955. The minimum Gasteiger partial charge on any atom is -0.309 e. The second-order valence-electron chi connectivity index (χ2n) is 17.1. The third-order valence-electron chi connectivity index (χ3n) is 13.0. The van der Waals surface area contributed by atoms with Gasteiger partial charge in [0.05, 0.1) is 22.1 Å². The molecular formula is C60H36N8S. The van der Waals surface area contributed by atoms with Gasteiger partial charge in [0.2, 0.25) is 5.95 Å². The first-order chi connectivity index (χ1) is 34.2. The van der Waals surface area contributed by atoms with Crippen LogP contribution in [0.25, 0.3) is 132 Å². The van der Waals surface area contributed by atoms with E-state index in [4.69, 9.17) is 29.9 Å². The van der Waals surface area contributed by atoms with E-state index in [1.54, 1.807) is 11.3 Å². The van der Waals surface area contributed by atoms with Crippen LogP contribution in [0.5, 0.6) is 0 Å². The summed E-state index contributed by atoms with van der Waals surface area (Å²) < 4.78 is 7.04. The van der Waals surface area contributed by atoms with Crippen LogP contribution >= 0.6 is 11.3 Å². The minimum atomic E-state index is 0.554. The van der Waals surface area contributed by atoms with Crippen molar-refractivity contribution in [1.29, 1.82) is 0 Å². The molecule has 0 saturated carbocycles. The average molecular weight is 901 g/mol. The van der Waals surface area contributed by atoms with E-state index in [-0.39, 0.29) is 0 Å². The minimum absolute atomic E-state index is 0.554. The van der Waals surface area contributed by atoms with E-state index >= 15 is 0 Å². The van der Waals surface area contributed by atoms with Gasteiger partial charge in [0.1, 0.15) is 0 Å². The quantitative estimate of drug-likeness (QED) is 0.158. The molecule has 0 unspecified atom stereocenters. The van der Waals surface area contributed by atoms with E-state index in [0.717, 1.165) is 77.1 Å². The van der Waals surface area contributed by atoms with Gasteiger partial charge in [-0.05, 0) is 54.6 Å². The topological polar surface area (TPSA) is 87.2 Å². The summed E-state index contributed by atoms with van der Waals surface area (Å²) in [6.07, 6.45) is 0. The zero-order chi connectivity index (χ0) is 45.4. The van der Waals surface area contributed by atoms with Crippen LogP contribution in [0.4, 0.5) is 0 Å². The first-order valence-corrected chi connectivity index (χ1v) is 23.7. The molecule has 0 bridgehead atoms. The monoisotopic (exact) mass is 900 g/mol. The Balaban J connectivity index is 0.946. The molecule has 0 fully saturated rings. The third-order valence-corrected chi connectivity index (χ3v) is 14.2. The second-order valence-corrected chi connectivity index (χ2v) is 18.2. The highest BCUT2D eigenvalue weighted by Crippen LogP contribution is 2.42. The molecule has 0 amide bonds. The Morgan fingerprint density at radius 3 is 1.36 bits per heavy atom. The van der Waals surface area contributed by atoms with Gasteiger partial charge in [-0.25, -0.2) is 19.9 Å². The molecule has 69 heavy (non-hydrogen) atoms. The van der Waals surface area contributed by atoms with E-state index in [1.165, 1.54) is 20.2 Å². The Kier molecular flexibility index (Phi) is 8.90. The molecule has 0 N–H and O–H groups in total. The van der Waals surface area contributed by atoms with Gasteiger partial charge >= 0.3 is 0 Å². The second kappa shape index (κ2) is 15.7. The van der Waals surface area contributed by atoms with Crippen LogP contribution in [0.2, 0.25) is 0 Å². The average Bonchev–Trinajstić information content (AvgIpc) is 4.09. The van der Waals surface area contributed by atoms with Gasteiger partial charge in [0, 0.05) is 75.2 Å². The fraction of sp³-hybridized carbons (Fsp3) is 0. The molecule has 9 heteroatoms. The molecule has 0 radical (unpaired) electrons. The summed E-state index contributed by atoms with van der Waals surface area (Å²) in [5, 5.41) is 6.96. The summed E-state index contributed by atoms with van der Waals surface area (Å²) in [5.41, 5.74) is 9.82. The molecule has 0 saturated heterocycles. The molecule has 8 nitrogen and oxygen atoms in total. The molecular weight excluding hydrogens is 865 g/mol. The smallest absolute Gasteiger partial charge is 0.238 e. The van der Waals surface area contributed by atoms with Crippen molar-refractivity contribution in [2.45, 2.75) is 0 Å². The molecule has 14 aromatic rings. The maximum absolute atomic E-state index is 5.25. The lowest BCUT2D eigenvalue weighted by Crippen LogP contribution is -2.06. The van der Waals surface area contributed by atoms with Crippen molar-refractivity contribution in [2.24, 2.45) is 0 Å². The van der Waals surface area contributed by atoms with Crippen LogP contribution < -0.4 is 0 Å². The van der Waals surface area contributed by atoms with Crippen LogP contribution in [0, 0.1) is 0 Å². The summed E-state index contributed by atoms with van der Waals surface area (Å²) in [6.45, 7) is 0. The van der Waals surface area contributed by atoms with Crippen molar-refractivity contribution in [3.8, 4) is 68.6 Å². The highest BCUT2D eigenvalue weighted by molar-refractivity contribution is 7.25. The molecule has 0 spiro atoms. The third kappa shape index (κ3) is 6.43. The zero-order valence-corrected chi connectivity index (χ0v) is 37.6. The SMILES string of the molecule is c1ccc(-c2nc(-c3ccc(-n4c5ccccc5c5c4ccc4c6ccccc6n(-c6nc(-c7ccccc7)nc(-c7ccccc7)n6)c45)cc3)nc(-c3ccc4c(c3)sc3ccccc34)n2)cc1. The Bertz CT molecular complexity index is 4240. The zero-order valence-electron chi connectivity index (χ0n) is 36.8. The number of aromatic nitrogens is 8. The number of hydrogen-bond donors (Lipinski definition) is 0. The Hall–Kier alpha value is -9.18. The van der Waals surface area contributed by atoms with Crippen molar-refractivity contribution < 1.29 is 0 Å². The molecule has 322 valence electrons. The Morgan fingerprint density at radius 2 is 0.739 bits per heavy atom. The fourth-order valence-electron chi connectivity index (χ4n) is 9.87. The lowest BCUT2D eigenvalue weighted by Gasteiger charge is -2.12. The van der Waals surface area contributed by atoms with Crippen LogP contribution in [-0.4, -0.2) is 39.0 Å². The van der Waals surface area contributed by atoms with Gasteiger partial charge in [0.15, 0.2) is 29.1 Å². The molecule has 0 aliphatic rings. The van der Waals surface area contributed by atoms with Crippen LogP contribution in [-0.2, 0) is 0 Å². The Labute approximate surface area is 399 Å². The number of fused-ring (bicyclic) bond motifs is 10. The molecule has 0 aliphatic carbocycles. The highest BCUT2D eigenvalue weighted by atomic mass is 32.1. The van der Waals surface area contributed by atoms with Crippen molar-refractivity contribution >= 4 is 75.1 Å². The van der Waals surface area contributed by atoms with E-state index in [1.807, 2.05) is 91.0 Å². The molecule has 0 atom stereocenters. The lowest BCUT2D eigenvalue weighted by atomic mass is 10.1. The molecule has 9 aromatic carbocycles. The Morgan fingerprint density at radius 1 is 0.290 bits per heavy atom. The van der Waals surface area contributed by atoms with Gasteiger partial charge in [-0.15, -0.1) is 11.3 Å². The number of thiophene rings is 1. The first kappa shape index (κ1) is 39.0. The van der Waals surface area contributed by atoms with Gasteiger partial charge < -0.3 is 4.57 Å². The van der Waals surface area contributed by atoms with Crippen molar-refractivity contribution in [3.63, 3.8) is 0 Å². The van der Waals surface area contributed by atoms with E-state index in [2.05, 4.69) is 137 Å². The van der Waals surface area contributed by atoms with Crippen molar-refractivity contribution in [3.05, 3.63) is 218 Å². The first-order valence-electron chi connectivity index (χ1n) is 22.9. The predicted molar refractivity (Wildman–Crippen MR) is 282 cm³/mol. The predicted octanol–water partition coefficient (Wildman–Crippen LogP) is 15.0. The van der Waals surface area contributed by atoms with Gasteiger partial charge in [-0.1, -0.05) is 164 Å².